The summed E-state index contributed by atoms with van der Waals surface area (Å²) in [6.45, 7) is 4.82. The van der Waals surface area contributed by atoms with E-state index < -0.39 is 0 Å². The number of nitrogens with zero attached hydrogens (tertiary/aromatic N) is 3. The van der Waals surface area contributed by atoms with Gasteiger partial charge in [-0.25, -0.2) is 4.98 Å². The topological polar surface area (TPSA) is 62.5 Å². The second-order valence-corrected chi connectivity index (χ2v) is 5.03. The van der Waals surface area contributed by atoms with Gasteiger partial charge in [0, 0.05) is 33.1 Å². The Morgan fingerprint density at radius 1 is 1.32 bits per heavy atom. The number of carbonyl (C=O) groups is 1. The number of pyridine rings is 1. The van der Waals surface area contributed by atoms with Gasteiger partial charge in [-0.15, -0.1) is 0 Å². The van der Waals surface area contributed by atoms with Crippen LogP contribution in [-0.2, 0) is 4.79 Å². The molecule has 0 aliphatic carbocycles. The van der Waals surface area contributed by atoms with Gasteiger partial charge in [0.05, 0.1) is 5.69 Å². The van der Waals surface area contributed by atoms with Gasteiger partial charge in [0.25, 0.3) is 0 Å². The fourth-order valence-electron chi connectivity index (χ4n) is 2.20. The van der Waals surface area contributed by atoms with Gasteiger partial charge in [-0.3, -0.25) is 4.79 Å². The molecule has 6 heteroatoms. The molecule has 2 N–H and O–H groups in total. The molecular weight excluding hydrogens is 260 g/mol. The third kappa shape index (κ3) is 3.41. The second kappa shape index (κ2) is 5.97. The number of aromatic nitrogens is 1. The Balaban J connectivity index is 2.12. The Morgan fingerprint density at radius 3 is 2.79 bits per heavy atom. The first kappa shape index (κ1) is 13.7. The van der Waals surface area contributed by atoms with E-state index in [1.165, 1.54) is 0 Å². The van der Waals surface area contributed by atoms with E-state index in [0.717, 1.165) is 38.4 Å². The van der Waals surface area contributed by atoms with Gasteiger partial charge in [-0.05, 0) is 18.6 Å². The largest absolute Gasteiger partial charge is 0.388 e. The third-order valence-electron chi connectivity index (χ3n) is 3.25. The number of anilines is 1. The first-order valence-corrected chi connectivity index (χ1v) is 6.76. The standard InChI is InChI=1S/C13H18N4OS/c1-10(18)16-6-3-7-17(9-8-16)12-5-2-4-11(15-12)13(14)19/h2,4-5H,3,6-9H2,1H3,(H2,14,19). The number of thiocarbonyl (C=S) groups is 1. The van der Waals surface area contributed by atoms with Crippen LogP contribution in [0.3, 0.4) is 0 Å². The molecule has 1 aliphatic rings. The maximum Gasteiger partial charge on any atom is 0.219 e. The summed E-state index contributed by atoms with van der Waals surface area (Å²) in [5.41, 5.74) is 6.24. The first-order valence-electron chi connectivity index (χ1n) is 6.35. The maximum atomic E-state index is 11.4. The highest BCUT2D eigenvalue weighted by Crippen LogP contribution is 2.14. The highest BCUT2D eigenvalue weighted by atomic mass is 32.1. The number of amides is 1. The Kier molecular flexibility index (Phi) is 4.31. The molecule has 0 spiro atoms. The van der Waals surface area contributed by atoms with Crippen molar-refractivity contribution in [1.29, 1.82) is 0 Å². The van der Waals surface area contributed by atoms with Crippen LogP contribution in [0.15, 0.2) is 18.2 Å². The molecule has 1 aliphatic heterocycles. The Bertz CT molecular complexity index is 491. The van der Waals surface area contributed by atoms with Gasteiger partial charge in [0.2, 0.25) is 5.91 Å². The van der Waals surface area contributed by atoms with E-state index in [2.05, 4.69) is 9.88 Å². The van der Waals surface area contributed by atoms with Gasteiger partial charge in [0.1, 0.15) is 10.8 Å². The second-order valence-electron chi connectivity index (χ2n) is 4.59. The molecule has 1 aromatic rings. The molecule has 1 fully saturated rings. The first-order chi connectivity index (χ1) is 9.08. The Labute approximate surface area is 118 Å². The summed E-state index contributed by atoms with van der Waals surface area (Å²) in [5, 5.41) is 0. The summed E-state index contributed by atoms with van der Waals surface area (Å²) in [4.78, 5) is 20.2. The Morgan fingerprint density at radius 2 is 2.11 bits per heavy atom. The van der Waals surface area contributed by atoms with Crippen LogP contribution in [0.25, 0.3) is 0 Å². The molecule has 0 unspecified atom stereocenters. The van der Waals surface area contributed by atoms with E-state index in [1.54, 1.807) is 6.92 Å². The number of rotatable bonds is 2. The molecule has 102 valence electrons. The lowest BCUT2D eigenvalue weighted by Gasteiger charge is -2.22. The lowest BCUT2D eigenvalue weighted by molar-refractivity contribution is -0.128. The van der Waals surface area contributed by atoms with Crippen molar-refractivity contribution in [3.8, 4) is 0 Å². The van der Waals surface area contributed by atoms with Crippen LogP contribution in [-0.4, -0.2) is 47.0 Å². The smallest absolute Gasteiger partial charge is 0.219 e. The molecule has 1 saturated heterocycles. The highest BCUT2D eigenvalue weighted by molar-refractivity contribution is 7.80. The zero-order valence-electron chi connectivity index (χ0n) is 11.0. The summed E-state index contributed by atoms with van der Waals surface area (Å²) in [5.74, 6) is 1.00. The van der Waals surface area contributed by atoms with Gasteiger partial charge >= 0.3 is 0 Å². The van der Waals surface area contributed by atoms with E-state index in [0.29, 0.717) is 10.7 Å². The molecule has 0 saturated carbocycles. The molecule has 0 aromatic carbocycles. The molecule has 0 atom stereocenters. The number of hydrogen-bond donors (Lipinski definition) is 1. The zero-order valence-corrected chi connectivity index (χ0v) is 11.8. The summed E-state index contributed by atoms with van der Waals surface area (Å²) < 4.78 is 0. The fourth-order valence-corrected chi connectivity index (χ4v) is 2.31. The average molecular weight is 278 g/mol. The normalized spacial score (nSPS) is 16.1. The number of carbonyl (C=O) groups excluding carboxylic acids is 1. The minimum absolute atomic E-state index is 0.131. The minimum atomic E-state index is 0.131. The molecule has 19 heavy (non-hydrogen) atoms. The van der Waals surface area contributed by atoms with Crippen LogP contribution in [0.2, 0.25) is 0 Å². The predicted octanol–water partition coefficient (Wildman–Crippen LogP) is 0.774. The quantitative estimate of drug-likeness (QED) is 0.810. The SMILES string of the molecule is CC(=O)N1CCCN(c2cccc(C(N)=S)n2)CC1. The molecular formula is C13H18N4OS. The lowest BCUT2D eigenvalue weighted by Crippen LogP contribution is -2.34. The summed E-state index contributed by atoms with van der Waals surface area (Å²) in [6, 6.07) is 5.67. The van der Waals surface area contributed by atoms with Gasteiger partial charge < -0.3 is 15.5 Å². The average Bonchev–Trinajstić information content (AvgIpc) is 2.64. The summed E-state index contributed by atoms with van der Waals surface area (Å²) >= 11 is 4.95. The van der Waals surface area contributed by atoms with Crippen LogP contribution < -0.4 is 10.6 Å². The fraction of sp³-hybridized carbons (Fsp3) is 0.462. The van der Waals surface area contributed by atoms with Crippen LogP contribution in [0.5, 0.6) is 0 Å². The van der Waals surface area contributed by atoms with Crippen molar-refractivity contribution < 1.29 is 4.79 Å². The number of hydrogen-bond acceptors (Lipinski definition) is 4. The zero-order chi connectivity index (χ0) is 13.8. The molecule has 0 bridgehead atoms. The maximum absolute atomic E-state index is 11.4. The summed E-state index contributed by atoms with van der Waals surface area (Å²) in [6.07, 6.45) is 0.943. The van der Waals surface area contributed by atoms with Crippen molar-refractivity contribution in [3.63, 3.8) is 0 Å². The summed E-state index contributed by atoms with van der Waals surface area (Å²) in [7, 11) is 0. The van der Waals surface area contributed by atoms with E-state index >= 15 is 0 Å². The van der Waals surface area contributed by atoms with Gasteiger partial charge in [-0.1, -0.05) is 18.3 Å². The highest BCUT2D eigenvalue weighted by Gasteiger charge is 2.17. The van der Waals surface area contributed by atoms with Crippen LogP contribution in [0.1, 0.15) is 19.0 Å². The van der Waals surface area contributed by atoms with Crippen molar-refractivity contribution >= 4 is 28.9 Å². The van der Waals surface area contributed by atoms with E-state index in [1.807, 2.05) is 23.1 Å². The van der Waals surface area contributed by atoms with Gasteiger partial charge in [0.15, 0.2) is 0 Å². The molecule has 1 aromatic heterocycles. The number of nitrogens with two attached hydrogens (primary N) is 1. The molecule has 2 heterocycles. The van der Waals surface area contributed by atoms with E-state index in [4.69, 9.17) is 18.0 Å². The van der Waals surface area contributed by atoms with Crippen molar-refractivity contribution in [2.45, 2.75) is 13.3 Å². The van der Waals surface area contributed by atoms with Crippen LogP contribution in [0, 0.1) is 0 Å². The van der Waals surface area contributed by atoms with Crippen molar-refractivity contribution in [2.24, 2.45) is 5.73 Å². The molecule has 5 nitrogen and oxygen atoms in total. The van der Waals surface area contributed by atoms with E-state index in [9.17, 15) is 4.79 Å². The predicted molar refractivity (Wildman–Crippen MR) is 79.2 cm³/mol. The monoisotopic (exact) mass is 278 g/mol. The minimum Gasteiger partial charge on any atom is -0.388 e. The van der Waals surface area contributed by atoms with E-state index in [-0.39, 0.29) is 5.91 Å². The van der Waals surface area contributed by atoms with Crippen LogP contribution >= 0.6 is 12.2 Å². The molecule has 2 rings (SSSR count). The third-order valence-corrected chi connectivity index (χ3v) is 3.46. The molecule has 1 amide bonds. The van der Waals surface area contributed by atoms with Crippen molar-refractivity contribution in [1.82, 2.24) is 9.88 Å². The van der Waals surface area contributed by atoms with Crippen LogP contribution in [0.4, 0.5) is 5.82 Å². The lowest BCUT2D eigenvalue weighted by atomic mass is 10.3. The van der Waals surface area contributed by atoms with Gasteiger partial charge in [-0.2, -0.15) is 0 Å². The Hall–Kier alpha value is -1.69. The van der Waals surface area contributed by atoms with Crippen molar-refractivity contribution in [2.75, 3.05) is 31.1 Å². The molecule has 0 radical (unpaired) electrons. The van der Waals surface area contributed by atoms with Crippen molar-refractivity contribution in [3.05, 3.63) is 23.9 Å².